The van der Waals surface area contributed by atoms with Gasteiger partial charge in [0.1, 0.15) is 0 Å². The molecule has 0 radical (unpaired) electrons. The van der Waals surface area contributed by atoms with Gasteiger partial charge in [-0.3, -0.25) is 4.68 Å². The summed E-state index contributed by atoms with van der Waals surface area (Å²) in [6, 6.07) is 0. The maximum absolute atomic E-state index is 5.36. The van der Waals surface area contributed by atoms with E-state index in [0.29, 0.717) is 0 Å². The van der Waals surface area contributed by atoms with Gasteiger partial charge in [-0.15, -0.1) is 0 Å². The van der Waals surface area contributed by atoms with Crippen molar-refractivity contribution in [3.05, 3.63) is 15.9 Å². The molecule has 90 valence electrons. The molecule has 0 bridgehead atoms. The summed E-state index contributed by atoms with van der Waals surface area (Å²) in [5, 5.41) is 5.15. The van der Waals surface area contributed by atoms with E-state index in [1.54, 1.807) is 0 Å². The predicted molar refractivity (Wildman–Crippen MR) is 70.8 cm³/mol. The van der Waals surface area contributed by atoms with E-state index in [4.69, 9.17) is 4.74 Å². The standard InChI is InChI=1S/C11H17BrN2OS/c1-8-11(12)10(14(2)13-8)7-16-9-3-5-15-6-4-9/h9H,3-7H2,1-2H3. The van der Waals surface area contributed by atoms with E-state index in [0.717, 1.165) is 34.4 Å². The molecule has 1 aliphatic heterocycles. The highest BCUT2D eigenvalue weighted by atomic mass is 79.9. The van der Waals surface area contributed by atoms with Gasteiger partial charge in [-0.25, -0.2) is 0 Å². The minimum absolute atomic E-state index is 0.746. The summed E-state index contributed by atoms with van der Waals surface area (Å²) in [6.45, 7) is 3.87. The third-order valence-electron chi connectivity index (χ3n) is 2.89. The first-order valence-electron chi connectivity index (χ1n) is 5.56. The Bertz CT molecular complexity index is 361. The maximum Gasteiger partial charge on any atom is 0.0738 e. The normalized spacial score (nSPS) is 17.9. The zero-order chi connectivity index (χ0) is 11.5. The van der Waals surface area contributed by atoms with Crippen LogP contribution in [0.15, 0.2) is 4.47 Å². The molecule has 0 N–H and O–H groups in total. The van der Waals surface area contributed by atoms with Gasteiger partial charge in [0.15, 0.2) is 0 Å². The van der Waals surface area contributed by atoms with Gasteiger partial charge in [-0.1, -0.05) is 0 Å². The van der Waals surface area contributed by atoms with Crippen molar-refractivity contribution in [2.75, 3.05) is 13.2 Å². The summed E-state index contributed by atoms with van der Waals surface area (Å²) in [4.78, 5) is 0. The SMILES string of the molecule is Cc1nn(C)c(CSC2CCOCC2)c1Br. The first-order valence-corrected chi connectivity index (χ1v) is 7.40. The largest absolute Gasteiger partial charge is 0.381 e. The molecule has 1 saturated heterocycles. The Morgan fingerprint density at radius 2 is 2.19 bits per heavy atom. The average molecular weight is 305 g/mol. The molecule has 1 aliphatic rings. The zero-order valence-electron chi connectivity index (χ0n) is 9.70. The Kier molecular flexibility index (Phi) is 4.33. The molecule has 0 aliphatic carbocycles. The number of nitrogens with zero attached hydrogens (tertiary/aromatic N) is 2. The van der Waals surface area contributed by atoms with Crippen molar-refractivity contribution in [2.45, 2.75) is 30.8 Å². The molecule has 16 heavy (non-hydrogen) atoms. The van der Waals surface area contributed by atoms with Crippen LogP contribution in [0.5, 0.6) is 0 Å². The van der Waals surface area contributed by atoms with Crippen molar-refractivity contribution in [1.29, 1.82) is 0 Å². The molecule has 0 aromatic carbocycles. The van der Waals surface area contributed by atoms with Crippen LogP contribution in [0.4, 0.5) is 0 Å². The van der Waals surface area contributed by atoms with E-state index in [9.17, 15) is 0 Å². The third kappa shape index (κ3) is 2.81. The molecule has 0 saturated carbocycles. The molecule has 0 atom stereocenters. The van der Waals surface area contributed by atoms with Crippen LogP contribution >= 0.6 is 27.7 Å². The molecule has 0 amide bonds. The maximum atomic E-state index is 5.36. The second kappa shape index (κ2) is 5.56. The van der Waals surface area contributed by atoms with E-state index in [-0.39, 0.29) is 0 Å². The van der Waals surface area contributed by atoms with Crippen molar-refractivity contribution < 1.29 is 4.74 Å². The zero-order valence-corrected chi connectivity index (χ0v) is 12.1. The fourth-order valence-electron chi connectivity index (χ4n) is 1.88. The number of aryl methyl sites for hydroxylation is 2. The van der Waals surface area contributed by atoms with Crippen LogP contribution in [-0.4, -0.2) is 28.2 Å². The van der Waals surface area contributed by atoms with Crippen LogP contribution in [-0.2, 0) is 17.5 Å². The fraction of sp³-hybridized carbons (Fsp3) is 0.727. The number of thioether (sulfide) groups is 1. The topological polar surface area (TPSA) is 27.1 Å². The van der Waals surface area contributed by atoms with Crippen LogP contribution in [0.3, 0.4) is 0 Å². The van der Waals surface area contributed by atoms with Crippen molar-refractivity contribution >= 4 is 27.7 Å². The number of halogens is 1. The number of aromatic nitrogens is 2. The Balaban J connectivity index is 1.93. The van der Waals surface area contributed by atoms with Gasteiger partial charge in [-0.2, -0.15) is 16.9 Å². The Hall–Kier alpha value is -0.0000000000000000555. The lowest BCUT2D eigenvalue weighted by Gasteiger charge is -2.21. The monoisotopic (exact) mass is 304 g/mol. The Morgan fingerprint density at radius 1 is 1.50 bits per heavy atom. The molecule has 3 nitrogen and oxygen atoms in total. The fourth-order valence-corrected chi connectivity index (χ4v) is 3.79. The number of hydrogen-bond acceptors (Lipinski definition) is 3. The summed E-state index contributed by atoms with van der Waals surface area (Å²) in [7, 11) is 2.01. The molecule has 2 rings (SSSR count). The molecular formula is C11H17BrN2OS. The van der Waals surface area contributed by atoms with Gasteiger partial charge in [-0.05, 0) is 35.7 Å². The summed E-state index contributed by atoms with van der Waals surface area (Å²) >= 11 is 5.63. The predicted octanol–water partition coefficient (Wildman–Crippen LogP) is 2.90. The van der Waals surface area contributed by atoms with Gasteiger partial charge >= 0.3 is 0 Å². The summed E-state index contributed by atoms with van der Waals surface area (Å²) in [5.41, 5.74) is 2.36. The number of hydrogen-bond donors (Lipinski definition) is 0. The van der Waals surface area contributed by atoms with Gasteiger partial charge in [0.2, 0.25) is 0 Å². The van der Waals surface area contributed by atoms with E-state index in [2.05, 4.69) is 21.0 Å². The quantitative estimate of drug-likeness (QED) is 0.859. The smallest absolute Gasteiger partial charge is 0.0738 e. The first kappa shape index (κ1) is 12.5. The van der Waals surface area contributed by atoms with E-state index >= 15 is 0 Å². The lowest BCUT2D eigenvalue weighted by atomic mass is 10.2. The van der Waals surface area contributed by atoms with Crippen LogP contribution in [0, 0.1) is 6.92 Å². The molecule has 2 heterocycles. The van der Waals surface area contributed by atoms with Crippen molar-refractivity contribution in [3.8, 4) is 0 Å². The lowest BCUT2D eigenvalue weighted by Crippen LogP contribution is -2.17. The van der Waals surface area contributed by atoms with Gasteiger partial charge < -0.3 is 4.74 Å². The van der Waals surface area contributed by atoms with Crippen LogP contribution < -0.4 is 0 Å². The van der Waals surface area contributed by atoms with Crippen LogP contribution in [0.1, 0.15) is 24.2 Å². The average Bonchev–Trinajstić information content (AvgIpc) is 2.53. The van der Waals surface area contributed by atoms with Gasteiger partial charge in [0.05, 0.1) is 15.9 Å². The van der Waals surface area contributed by atoms with Crippen LogP contribution in [0.25, 0.3) is 0 Å². The molecule has 5 heteroatoms. The number of ether oxygens (including phenoxy) is 1. The van der Waals surface area contributed by atoms with E-state index in [1.165, 1.54) is 18.5 Å². The van der Waals surface area contributed by atoms with Crippen molar-refractivity contribution in [2.24, 2.45) is 7.05 Å². The highest BCUT2D eigenvalue weighted by molar-refractivity contribution is 9.10. The minimum Gasteiger partial charge on any atom is -0.381 e. The first-order chi connectivity index (χ1) is 7.68. The second-order valence-corrected chi connectivity index (χ2v) is 6.17. The van der Waals surface area contributed by atoms with E-state index in [1.807, 2.05) is 30.4 Å². The number of rotatable bonds is 3. The lowest BCUT2D eigenvalue weighted by molar-refractivity contribution is 0.1000. The van der Waals surface area contributed by atoms with Gasteiger partial charge in [0, 0.05) is 31.3 Å². The Labute approximate surface area is 109 Å². The molecule has 0 unspecified atom stereocenters. The summed E-state index contributed by atoms with van der Waals surface area (Å²) < 4.78 is 8.50. The van der Waals surface area contributed by atoms with Gasteiger partial charge in [0.25, 0.3) is 0 Å². The van der Waals surface area contributed by atoms with E-state index < -0.39 is 0 Å². The highest BCUT2D eigenvalue weighted by Gasteiger charge is 2.17. The molecule has 1 aromatic rings. The molecule has 0 spiro atoms. The third-order valence-corrected chi connectivity index (χ3v) is 5.30. The molecular weight excluding hydrogens is 288 g/mol. The van der Waals surface area contributed by atoms with Crippen molar-refractivity contribution in [3.63, 3.8) is 0 Å². The summed E-state index contributed by atoms with van der Waals surface area (Å²) in [5.74, 6) is 1.03. The molecule has 1 fully saturated rings. The summed E-state index contributed by atoms with van der Waals surface area (Å²) in [6.07, 6.45) is 2.36. The second-order valence-electron chi connectivity index (χ2n) is 4.09. The molecule has 1 aromatic heterocycles. The van der Waals surface area contributed by atoms with Crippen LogP contribution in [0.2, 0.25) is 0 Å². The minimum atomic E-state index is 0.746. The Morgan fingerprint density at radius 3 is 2.75 bits per heavy atom. The van der Waals surface area contributed by atoms with Crippen molar-refractivity contribution in [1.82, 2.24) is 9.78 Å². The highest BCUT2D eigenvalue weighted by Crippen LogP contribution is 2.29.